The van der Waals surface area contributed by atoms with Gasteiger partial charge < -0.3 is 5.32 Å². The minimum absolute atomic E-state index is 0.0917. The molecule has 0 fully saturated rings. The molecular weight excluding hydrogens is 260 g/mol. The third-order valence-corrected chi connectivity index (χ3v) is 3.55. The van der Waals surface area contributed by atoms with E-state index < -0.39 is 0 Å². The van der Waals surface area contributed by atoms with E-state index in [1.807, 2.05) is 12.1 Å². The van der Waals surface area contributed by atoms with Crippen LogP contribution in [0.25, 0.3) is 0 Å². The van der Waals surface area contributed by atoms with Crippen LogP contribution in [0.3, 0.4) is 0 Å². The maximum atomic E-state index is 11.5. The van der Waals surface area contributed by atoms with E-state index in [2.05, 4.69) is 10.4 Å². The van der Waals surface area contributed by atoms with Crippen LogP contribution in [0.1, 0.15) is 4.88 Å². The van der Waals surface area contributed by atoms with Gasteiger partial charge in [0.2, 0.25) is 0 Å². The van der Waals surface area contributed by atoms with Crippen molar-refractivity contribution in [3.8, 4) is 0 Å². The normalized spacial score (nSPS) is 10.9. The van der Waals surface area contributed by atoms with Gasteiger partial charge in [0, 0.05) is 25.0 Å². The Hall–Kier alpha value is -1.11. The van der Waals surface area contributed by atoms with Crippen LogP contribution in [0.5, 0.6) is 0 Å². The van der Waals surface area contributed by atoms with Crippen molar-refractivity contribution < 1.29 is 0 Å². The summed E-state index contributed by atoms with van der Waals surface area (Å²) in [5.74, 6) is 0. The highest BCUT2D eigenvalue weighted by atomic mass is 35.5. The lowest BCUT2D eigenvalue weighted by Gasteiger charge is -2.02. The van der Waals surface area contributed by atoms with Gasteiger partial charge in [0.15, 0.2) is 0 Å². The number of rotatable bonds is 5. The number of hydrogen-bond acceptors (Lipinski definition) is 4. The molecule has 2 heterocycles. The first-order valence-electron chi connectivity index (χ1n) is 5.20. The molecular formula is C10H13ClN4OS. The lowest BCUT2D eigenvalue weighted by molar-refractivity contribution is 0.538. The third-order valence-electron chi connectivity index (χ3n) is 2.32. The topological polar surface area (TPSA) is 51.9 Å². The van der Waals surface area contributed by atoms with E-state index >= 15 is 0 Å². The monoisotopic (exact) mass is 272 g/mol. The van der Waals surface area contributed by atoms with Crippen LogP contribution in [-0.4, -0.2) is 20.9 Å². The van der Waals surface area contributed by atoms with Crippen LogP contribution >= 0.6 is 22.9 Å². The molecule has 0 unspecified atom stereocenters. The first-order valence-corrected chi connectivity index (χ1v) is 6.39. The average molecular weight is 273 g/mol. The highest BCUT2D eigenvalue weighted by molar-refractivity contribution is 7.16. The molecule has 0 aliphatic carbocycles. The number of aryl methyl sites for hydroxylation is 1. The Bertz CT molecular complexity index is 544. The van der Waals surface area contributed by atoms with E-state index in [0.29, 0.717) is 13.1 Å². The number of nitrogens with zero attached hydrogens (tertiary/aromatic N) is 3. The van der Waals surface area contributed by atoms with Gasteiger partial charge in [0.1, 0.15) is 6.33 Å². The molecule has 1 N–H and O–H groups in total. The van der Waals surface area contributed by atoms with Crippen LogP contribution in [0, 0.1) is 0 Å². The van der Waals surface area contributed by atoms with Gasteiger partial charge in [-0.1, -0.05) is 11.6 Å². The Balaban J connectivity index is 1.77. The zero-order chi connectivity index (χ0) is 12.3. The van der Waals surface area contributed by atoms with Crippen LogP contribution in [0.4, 0.5) is 0 Å². The Morgan fingerprint density at radius 3 is 2.94 bits per heavy atom. The molecule has 2 rings (SSSR count). The lowest BCUT2D eigenvalue weighted by Crippen LogP contribution is -2.28. The van der Waals surface area contributed by atoms with Crippen molar-refractivity contribution in [2.75, 3.05) is 6.54 Å². The van der Waals surface area contributed by atoms with E-state index in [1.54, 1.807) is 18.4 Å². The van der Waals surface area contributed by atoms with E-state index in [1.165, 1.54) is 20.5 Å². The predicted octanol–water partition coefficient (Wildman–Crippen LogP) is 1.09. The summed E-state index contributed by atoms with van der Waals surface area (Å²) in [6, 6.07) is 3.87. The molecule has 17 heavy (non-hydrogen) atoms. The fourth-order valence-electron chi connectivity index (χ4n) is 1.42. The second-order valence-corrected chi connectivity index (χ2v) is 5.43. The van der Waals surface area contributed by atoms with E-state index in [9.17, 15) is 4.79 Å². The molecule has 92 valence electrons. The second kappa shape index (κ2) is 5.48. The third kappa shape index (κ3) is 3.18. The van der Waals surface area contributed by atoms with Crippen molar-refractivity contribution >= 4 is 22.9 Å². The van der Waals surface area contributed by atoms with E-state index in [4.69, 9.17) is 11.6 Å². The molecule has 0 radical (unpaired) electrons. The number of thiophene rings is 1. The summed E-state index contributed by atoms with van der Waals surface area (Å²) in [6.07, 6.45) is 1.52. The summed E-state index contributed by atoms with van der Waals surface area (Å²) in [5, 5.41) is 7.22. The van der Waals surface area contributed by atoms with Crippen molar-refractivity contribution in [3.05, 3.63) is 38.2 Å². The molecule has 5 nitrogen and oxygen atoms in total. The van der Waals surface area contributed by atoms with Gasteiger partial charge in [-0.25, -0.2) is 9.48 Å². The number of halogens is 1. The molecule has 0 spiro atoms. The summed E-state index contributed by atoms with van der Waals surface area (Å²) in [5.41, 5.74) is -0.0917. The number of hydrogen-bond donors (Lipinski definition) is 1. The Morgan fingerprint density at radius 1 is 1.53 bits per heavy atom. The molecule has 0 saturated heterocycles. The van der Waals surface area contributed by atoms with Crippen LogP contribution in [-0.2, 0) is 20.1 Å². The van der Waals surface area contributed by atoms with Crippen molar-refractivity contribution in [3.63, 3.8) is 0 Å². The molecule has 2 aromatic rings. The fourth-order valence-corrected chi connectivity index (χ4v) is 2.47. The Morgan fingerprint density at radius 2 is 2.35 bits per heavy atom. The Labute approximate surface area is 108 Å². The minimum atomic E-state index is -0.0917. The van der Waals surface area contributed by atoms with Crippen molar-refractivity contribution in [2.24, 2.45) is 7.05 Å². The Kier molecular flexibility index (Phi) is 3.98. The van der Waals surface area contributed by atoms with Crippen molar-refractivity contribution in [1.82, 2.24) is 19.7 Å². The minimum Gasteiger partial charge on any atom is -0.310 e. The maximum Gasteiger partial charge on any atom is 0.345 e. The molecule has 0 saturated carbocycles. The van der Waals surface area contributed by atoms with Crippen LogP contribution in [0.2, 0.25) is 4.34 Å². The standard InChI is InChI=1S/C10H13ClN4OS/c1-14-7-13-15(10(14)16)5-4-12-6-8-2-3-9(11)17-8/h2-3,7,12H,4-6H2,1H3. The van der Waals surface area contributed by atoms with Gasteiger partial charge in [0.25, 0.3) is 0 Å². The average Bonchev–Trinajstić information content (AvgIpc) is 2.84. The van der Waals surface area contributed by atoms with Gasteiger partial charge in [0.05, 0.1) is 10.9 Å². The zero-order valence-electron chi connectivity index (χ0n) is 9.39. The predicted molar refractivity (Wildman–Crippen MR) is 68.5 cm³/mol. The molecule has 0 atom stereocenters. The molecule has 0 aliphatic rings. The van der Waals surface area contributed by atoms with Crippen molar-refractivity contribution in [2.45, 2.75) is 13.1 Å². The van der Waals surface area contributed by atoms with Crippen molar-refractivity contribution in [1.29, 1.82) is 0 Å². The number of aromatic nitrogens is 3. The first-order chi connectivity index (χ1) is 8.16. The first kappa shape index (κ1) is 12.3. The molecule has 0 aliphatic heterocycles. The quantitative estimate of drug-likeness (QED) is 0.829. The SMILES string of the molecule is Cn1cnn(CCNCc2ccc(Cl)s2)c1=O. The summed E-state index contributed by atoms with van der Waals surface area (Å²) in [4.78, 5) is 12.6. The lowest BCUT2D eigenvalue weighted by atomic mass is 10.4. The smallest absolute Gasteiger partial charge is 0.310 e. The molecule has 2 aromatic heterocycles. The highest BCUT2D eigenvalue weighted by Crippen LogP contribution is 2.20. The van der Waals surface area contributed by atoms with E-state index in [0.717, 1.165) is 10.9 Å². The number of nitrogens with one attached hydrogen (secondary N) is 1. The molecule has 0 amide bonds. The van der Waals surface area contributed by atoms with Crippen LogP contribution < -0.4 is 11.0 Å². The fraction of sp³-hybridized carbons (Fsp3) is 0.400. The maximum absolute atomic E-state index is 11.5. The highest BCUT2D eigenvalue weighted by Gasteiger charge is 2.01. The summed E-state index contributed by atoms with van der Waals surface area (Å²) < 4.78 is 3.69. The largest absolute Gasteiger partial charge is 0.345 e. The van der Waals surface area contributed by atoms with Gasteiger partial charge in [-0.2, -0.15) is 5.10 Å². The zero-order valence-corrected chi connectivity index (χ0v) is 11.0. The molecule has 7 heteroatoms. The second-order valence-electron chi connectivity index (χ2n) is 3.63. The van der Waals surface area contributed by atoms with Gasteiger partial charge in [-0.15, -0.1) is 11.3 Å². The summed E-state index contributed by atoms with van der Waals surface area (Å²) >= 11 is 7.38. The van der Waals surface area contributed by atoms with E-state index in [-0.39, 0.29) is 5.69 Å². The molecule has 0 bridgehead atoms. The molecule has 0 aromatic carbocycles. The van der Waals surface area contributed by atoms with Gasteiger partial charge in [-0.05, 0) is 12.1 Å². The summed E-state index contributed by atoms with van der Waals surface area (Å²) in [6.45, 7) is 2.03. The van der Waals surface area contributed by atoms with Gasteiger partial charge in [-0.3, -0.25) is 4.57 Å². The van der Waals surface area contributed by atoms with Gasteiger partial charge >= 0.3 is 5.69 Å². The summed E-state index contributed by atoms with van der Waals surface area (Å²) in [7, 11) is 1.69. The van der Waals surface area contributed by atoms with Crippen LogP contribution in [0.15, 0.2) is 23.3 Å².